The summed E-state index contributed by atoms with van der Waals surface area (Å²) in [6.45, 7) is 0.425. The van der Waals surface area contributed by atoms with Gasteiger partial charge in [-0.05, 0) is 6.42 Å². The maximum Gasteiger partial charge on any atom is 0.305 e. The fourth-order valence-corrected chi connectivity index (χ4v) is 1.14. The van der Waals surface area contributed by atoms with Crippen molar-refractivity contribution in [3.05, 3.63) is 0 Å². The Hall–Kier alpha value is -1.10. The van der Waals surface area contributed by atoms with Gasteiger partial charge >= 0.3 is 5.97 Å². The Morgan fingerprint density at radius 2 is 2.62 bits per heavy atom. The molecule has 2 N–H and O–H groups in total. The monoisotopic (exact) mass is 186 g/mol. The van der Waals surface area contributed by atoms with E-state index < -0.39 is 0 Å². The SMILES string of the molecule is COC(=O)CCC1CC(CN)=NO1. The topological polar surface area (TPSA) is 73.9 Å². The first kappa shape index (κ1) is 9.98. The molecule has 0 aromatic heterocycles. The van der Waals surface area contributed by atoms with Gasteiger partial charge in [0, 0.05) is 19.4 Å². The maximum absolute atomic E-state index is 10.8. The molecule has 1 aliphatic rings. The number of hydrogen-bond donors (Lipinski definition) is 1. The second kappa shape index (κ2) is 4.81. The Bertz CT molecular complexity index is 215. The van der Waals surface area contributed by atoms with E-state index in [1.165, 1.54) is 7.11 Å². The number of esters is 1. The van der Waals surface area contributed by atoms with E-state index in [4.69, 9.17) is 10.6 Å². The Labute approximate surface area is 76.9 Å². The molecule has 0 aliphatic carbocycles. The normalized spacial score (nSPS) is 20.8. The lowest BCUT2D eigenvalue weighted by molar-refractivity contribution is -0.141. The largest absolute Gasteiger partial charge is 0.469 e. The van der Waals surface area contributed by atoms with Gasteiger partial charge in [0.2, 0.25) is 0 Å². The number of ether oxygens (including phenoxy) is 1. The summed E-state index contributed by atoms with van der Waals surface area (Å²) in [6.07, 6.45) is 1.74. The summed E-state index contributed by atoms with van der Waals surface area (Å²) in [4.78, 5) is 15.8. The molecule has 1 heterocycles. The summed E-state index contributed by atoms with van der Waals surface area (Å²) < 4.78 is 4.51. The van der Waals surface area contributed by atoms with Crippen LogP contribution in [0.4, 0.5) is 0 Å². The van der Waals surface area contributed by atoms with E-state index in [-0.39, 0.29) is 12.1 Å². The Balaban J connectivity index is 2.16. The molecule has 0 aromatic rings. The lowest BCUT2D eigenvalue weighted by Gasteiger charge is -2.05. The molecule has 74 valence electrons. The average Bonchev–Trinajstić information content (AvgIpc) is 2.61. The van der Waals surface area contributed by atoms with E-state index in [9.17, 15) is 4.79 Å². The highest BCUT2D eigenvalue weighted by Gasteiger charge is 2.20. The molecule has 0 radical (unpaired) electrons. The molecular weight excluding hydrogens is 172 g/mol. The number of oxime groups is 1. The second-order valence-electron chi connectivity index (χ2n) is 2.91. The molecule has 0 fully saturated rings. The average molecular weight is 186 g/mol. The number of nitrogens with zero attached hydrogens (tertiary/aromatic N) is 1. The number of carbonyl (C=O) groups is 1. The lowest BCUT2D eigenvalue weighted by Crippen LogP contribution is -2.16. The van der Waals surface area contributed by atoms with Crippen molar-refractivity contribution in [3.63, 3.8) is 0 Å². The third kappa shape index (κ3) is 3.02. The molecular formula is C8H14N2O3. The molecule has 0 saturated carbocycles. The van der Waals surface area contributed by atoms with Gasteiger partial charge in [-0.15, -0.1) is 0 Å². The molecule has 0 aromatic carbocycles. The van der Waals surface area contributed by atoms with Gasteiger partial charge in [0.25, 0.3) is 0 Å². The highest BCUT2D eigenvalue weighted by Crippen LogP contribution is 2.15. The van der Waals surface area contributed by atoms with Gasteiger partial charge in [0.15, 0.2) is 0 Å². The van der Waals surface area contributed by atoms with Crippen LogP contribution < -0.4 is 5.73 Å². The van der Waals surface area contributed by atoms with Crippen molar-refractivity contribution >= 4 is 11.7 Å². The molecule has 0 bridgehead atoms. The number of rotatable bonds is 4. The van der Waals surface area contributed by atoms with E-state index in [0.29, 0.717) is 19.4 Å². The van der Waals surface area contributed by atoms with Gasteiger partial charge in [-0.3, -0.25) is 4.79 Å². The maximum atomic E-state index is 10.8. The van der Waals surface area contributed by atoms with Gasteiger partial charge in [0.05, 0.1) is 12.8 Å². The van der Waals surface area contributed by atoms with Crippen molar-refractivity contribution in [1.82, 2.24) is 0 Å². The van der Waals surface area contributed by atoms with Crippen LogP contribution in [0, 0.1) is 0 Å². The van der Waals surface area contributed by atoms with E-state index in [2.05, 4.69) is 9.89 Å². The zero-order valence-electron chi connectivity index (χ0n) is 7.66. The van der Waals surface area contributed by atoms with Gasteiger partial charge in [-0.25, -0.2) is 0 Å². The first-order valence-electron chi connectivity index (χ1n) is 4.24. The van der Waals surface area contributed by atoms with Gasteiger partial charge in [0.1, 0.15) is 6.10 Å². The third-order valence-corrected chi connectivity index (χ3v) is 1.93. The fourth-order valence-electron chi connectivity index (χ4n) is 1.14. The minimum Gasteiger partial charge on any atom is -0.469 e. The van der Waals surface area contributed by atoms with Crippen molar-refractivity contribution in [2.45, 2.75) is 25.4 Å². The van der Waals surface area contributed by atoms with E-state index in [1.807, 2.05) is 0 Å². The molecule has 1 atom stereocenters. The number of methoxy groups -OCH3 is 1. The Morgan fingerprint density at radius 1 is 1.85 bits per heavy atom. The Morgan fingerprint density at radius 3 is 3.15 bits per heavy atom. The molecule has 5 heteroatoms. The zero-order valence-corrected chi connectivity index (χ0v) is 7.66. The highest BCUT2D eigenvalue weighted by molar-refractivity contribution is 5.87. The predicted molar refractivity (Wildman–Crippen MR) is 47.2 cm³/mol. The molecule has 0 amide bonds. The van der Waals surface area contributed by atoms with E-state index in [1.54, 1.807) is 0 Å². The van der Waals surface area contributed by atoms with Crippen LogP contribution in [0.1, 0.15) is 19.3 Å². The van der Waals surface area contributed by atoms with Crippen LogP contribution in [0.3, 0.4) is 0 Å². The summed E-state index contributed by atoms with van der Waals surface area (Å²) in [7, 11) is 1.37. The highest BCUT2D eigenvalue weighted by atomic mass is 16.6. The molecule has 5 nitrogen and oxygen atoms in total. The minimum atomic E-state index is -0.218. The van der Waals surface area contributed by atoms with E-state index >= 15 is 0 Å². The van der Waals surface area contributed by atoms with Crippen LogP contribution >= 0.6 is 0 Å². The van der Waals surface area contributed by atoms with Crippen LogP contribution in [-0.4, -0.2) is 31.4 Å². The summed E-state index contributed by atoms with van der Waals surface area (Å²) in [5, 5.41) is 3.78. The van der Waals surface area contributed by atoms with Crippen molar-refractivity contribution in [2.75, 3.05) is 13.7 Å². The summed E-state index contributed by atoms with van der Waals surface area (Å²) in [5.41, 5.74) is 6.23. The van der Waals surface area contributed by atoms with Gasteiger partial charge in [-0.2, -0.15) is 0 Å². The molecule has 13 heavy (non-hydrogen) atoms. The van der Waals surface area contributed by atoms with Crippen LogP contribution in [0.2, 0.25) is 0 Å². The quantitative estimate of drug-likeness (QED) is 0.629. The molecule has 0 spiro atoms. The van der Waals surface area contributed by atoms with Crippen molar-refractivity contribution < 1.29 is 14.4 Å². The van der Waals surface area contributed by atoms with Crippen molar-refractivity contribution in [1.29, 1.82) is 0 Å². The van der Waals surface area contributed by atoms with Crippen LogP contribution in [0.5, 0.6) is 0 Å². The summed E-state index contributed by atoms with van der Waals surface area (Å²) in [6, 6.07) is 0. The lowest BCUT2D eigenvalue weighted by atomic mass is 10.1. The van der Waals surface area contributed by atoms with Crippen molar-refractivity contribution in [2.24, 2.45) is 10.9 Å². The predicted octanol–water partition coefficient (Wildman–Crippen LogP) is 0.0432. The fraction of sp³-hybridized carbons (Fsp3) is 0.750. The van der Waals surface area contributed by atoms with Crippen LogP contribution in [-0.2, 0) is 14.4 Å². The number of nitrogens with two attached hydrogens (primary N) is 1. The summed E-state index contributed by atoms with van der Waals surface area (Å²) in [5.74, 6) is -0.218. The smallest absolute Gasteiger partial charge is 0.305 e. The molecule has 1 unspecified atom stereocenters. The van der Waals surface area contributed by atoms with Crippen molar-refractivity contribution in [3.8, 4) is 0 Å². The first-order chi connectivity index (χ1) is 6.26. The Kier molecular flexibility index (Phi) is 3.70. The van der Waals surface area contributed by atoms with Gasteiger partial charge < -0.3 is 15.3 Å². The number of carbonyl (C=O) groups excluding carboxylic acids is 1. The van der Waals surface area contributed by atoms with Crippen LogP contribution in [0.25, 0.3) is 0 Å². The second-order valence-corrected chi connectivity index (χ2v) is 2.91. The number of hydrogen-bond acceptors (Lipinski definition) is 5. The molecule has 1 aliphatic heterocycles. The first-order valence-corrected chi connectivity index (χ1v) is 4.24. The van der Waals surface area contributed by atoms with E-state index in [0.717, 1.165) is 12.1 Å². The molecule has 0 saturated heterocycles. The van der Waals surface area contributed by atoms with Gasteiger partial charge in [-0.1, -0.05) is 5.16 Å². The minimum absolute atomic E-state index is 0.00218. The standard InChI is InChI=1S/C8H14N2O3/c1-12-8(11)3-2-7-4-6(5-9)10-13-7/h7H,2-5,9H2,1H3. The zero-order chi connectivity index (χ0) is 9.68. The molecule has 1 rings (SSSR count). The third-order valence-electron chi connectivity index (χ3n) is 1.93. The summed E-state index contributed by atoms with van der Waals surface area (Å²) >= 11 is 0. The van der Waals surface area contributed by atoms with Crippen LogP contribution in [0.15, 0.2) is 5.16 Å².